The molecule has 0 fully saturated rings. The number of fused-ring (bicyclic) bond motifs is 7. The van der Waals surface area contributed by atoms with Crippen molar-refractivity contribution in [3.05, 3.63) is 140 Å². The summed E-state index contributed by atoms with van der Waals surface area (Å²) in [5.41, 5.74) is 11.6. The molecule has 2 aliphatic rings. The summed E-state index contributed by atoms with van der Waals surface area (Å²) in [6, 6.07) is 50.9. The summed E-state index contributed by atoms with van der Waals surface area (Å²) in [6.07, 6.45) is 0. The van der Waals surface area contributed by atoms with E-state index < -0.39 is 0 Å². The molecule has 9 rings (SSSR count). The van der Waals surface area contributed by atoms with Gasteiger partial charge in [0.25, 0.3) is 0 Å². The molecule has 0 amide bonds. The Balaban J connectivity index is 1.45. The van der Waals surface area contributed by atoms with Gasteiger partial charge in [-0.2, -0.15) is 0 Å². The zero-order valence-electron chi connectivity index (χ0n) is 21.7. The van der Waals surface area contributed by atoms with Gasteiger partial charge >= 0.3 is 0 Å². The molecule has 0 radical (unpaired) electrons. The second kappa shape index (κ2) is 8.42. The van der Waals surface area contributed by atoms with E-state index in [1.54, 1.807) is 0 Å². The standard InChI is InChI=1S/C36H23BN2S/c1-3-12-24(13-4-1)38(25-14-5-2-6-15-25)30-23-22-28-36-34(30)26-16-7-9-18-29(26)39(36)31-19-11-21-33-35(31)37(28)27-17-8-10-20-32(27)40-33/h1-23H. The van der Waals surface area contributed by atoms with Gasteiger partial charge in [0.05, 0.1) is 16.7 Å². The van der Waals surface area contributed by atoms with Crippen LogP contribution in [0.25, 0.3) is 27.5 Å². The Morgan fingerprint density at radius 2 is 1.23 bits per heavy atom. The summed E-state index contributed by atoms with van der Waals surface area (Å²) < 4.78 is 2.53. The highest BCUT2D eigenvalue weighted by atomic mass is 32.2. The molecule has 2 aliphatic heterocycles. The van der Waals surface area contributed by atoms with E-state index in [0.717, 1.165) is 11.4 Å². The molecule has 0 spiro atoms. The van der Waals surface area contributed by atoms with Crippen LogP contribution >= 0.6 is 11.8 Å². The highest BCUT2D eigenvalue weighted by Crippen LogP contribution is 2.45. The maximum absolute atomic E-state index is 2.53. The minimum atomic E-state index is 0.207. The van der Waals surface area contributed by atoms with Crippen LogP contribution in [0.2, 0.25) is 0 Å². The van der Waals surface area contributed by atoms with Gasteiger partial charge in [-0.3, -0.25) is 0 Å². The highest BCUT2D eigenvalue weighted by Gasteiger charge is 2.39. The average molecular weight is 526 g/mol. The van der Waals surface area contributed by atoms with Gasteiger partial charge in [-0.15, -0.1) is 0 Å². The Morgan fingerprint density at radius 3 is 2.02 bits per heavy atom. The molecular formula is C36H23BN2S. The SMILES string of the molecule is c1ccc(N(c2ccccc2)c2ccc3c4c2c2ccccc2n4-c2cccc4c2B3c2ccccc2S4)cc1. The van der Waals surface area contributed by atoms with Crippen LogP contribution < -0.4 is 21.3 Å². The largest absolute Gasteiger partial charge is 0.310 e. The number of aromatic nitrogens is 1. The first kappa shape index (κ1) is 22.2. The van der Waals surface area contributed by atoms with Gasteiger partial charge in [0.2, 0.25) is 6.71 Å². The van der Waals surface area contributed by atoms with E-state index in [9.17, 15) is 0 Å². The van der Waals surface area contributed by atoms with Gasteiger partial charge < -0.3 is 9.47 Å². The molecule has 7 aromatic rings. The van der Waals surface area contributed by atoms with E-state index in [2.05, 4.69) is 149 Å². The Labute approximate surface area is 237 Å². The number of nitrogens with zero attached hydrogens (tertiary/aromatic N) is 2. The molecule has 0 unspecified atom stereocenters. The number of anilines is 3. The predicted octanol–water partition coefficient (Wildman–Crippen LogP) is 7.55. The van der Waals surface area contributed by atoms with Crippen molar-refractivity contribution in [3.63, 3.8) is 0 Å². The van der Waals surface area contributed by atoms with Crippen molar-refractivity contribution in [2.45, 2.75) is 9.79 Å². The van der Waals surface area contributed by atoms with Gasteiger partial charge in [-0.25, -0.2) is 0 Å². The number of hydrogen-bond donors (Lipinski definition) is 0. The molecule has 6 aromatic carbocycles. The number of para-hydroxylation sites is 3. The van der Waals surface area contributed by atoms with Crippen LogP contribution in [0, 0.1) is 0 Å². The van der Waals surface area contributed by atoms with Crippen molar-refractivity contribution in [2.24, 2.45) is 0 Å². The molecule has 0 bridgehead atoms. The first-order chi connectivity index (χ1) is 19.9. The van der Waals surface area contributed by atoms with Gasteiger partial charge in [-0.1, -0.05) is 102 Å². The van der Waals surface area contributed by atoms with E-state index in [1.165, 1.54) is 59.4 Å². The lowest BCUT2D eigenvalue weighted by atomic mass is 9.35. The normalized spacial score (nSPS) is 12.8. The van der Waals surface area contributed by atoms with Crippen molar-refractivity contribution in [1.29, 1.82) is 0 Å². The lowest BCUT2D eigenvalue weighted by Crippen LogP contribution is -2.58. The number of rotatable bonds is 3. The van der Waals surface area contributed by atoms with Crippen molar-refractivity contribution in [2.75, 3.05) is 4.90 Å². The number of benzene rings is 6. The zero-order valence-corrected chi connectivity index (χ0v) is 22.5. The van der Waals surface area contributed by atoms with Crippen LogP contribution in [0.5, 0.6) is 0 Å². The van der Waals surface area contributed by atoms with Gasteiger partial charge in [-0.05, 0) is 65.5 Å². The first-order valence-electron chi connectivity index (χ1n) is 13.7. The molecule has 0 atom stereocenters. The second-order valence-electron chi connectivity index (χ2n) is 10.5. The Kier molecular flexibility index (Phi) is 4.67. The van der Waals surface area contributed by atoms with Crippen molar-refractivity contribution < 1.29 is 0 Å². The molecular weight excluding hydrogens is 503 g/mol. The van der Waals surface area contributed by atoms with Crippen LogP contribution in [-0.2, 0) is 0 Å². The molecule has 2 nitrogen and oxygen atoms in total. The van der Waals surface area contributed by atoms with Crippen LogP contribution in [0.3, 0.4) is 0 Å². The first-order valence-corrected chi connectivity index (χ1v) is 14.6. The molecule has 0 saturated carbocycles. The minimum Gasteiger partial charge on any atom is -0.310 e. The second-order valence-corrected chi connectivity index (χ2v) is 11.6. The van der Waals surface area contributed by atoms with Crippen LogP contribution in [0.4, 0.5) is 17.1 Å². The summed E-state index contributed by atoms with van der Waals surface area (Å²) in [7, 11) is 0. The number of hydrogen-bond acceptors (Lipinski definition) is 2. The molecule has 4 heteroatoms. The topological polar surface area (TPSA) is 8.17 Å². The van der Waals surface area contributed by atoms with Crippen LogP contribution in [0.15, 0.2) is 149 Å². The van der Waals surface area contributed by atoms with Crippen molar-refractivity contribution in [1.82, 2.24) is 4.57 Å². The summed E-state index contributed by atoms with van der Waals surface area (Å²) in [5, 5.41) is 2.58. The predicted molar refractivity (Wildman–Crippen MR) is 171 cm³/mol. The fraction of sp³-hybridized carbons (Fsp3) is 0. The van der Waals surface area contributed by atoms with Crippen molar-refractivity contribution >= 4 is 73.7 Å². The Morgan fingerprint density at radius 1 is 0.550 bits per heavy atom. The monoisotopic (exact) mass is 526 g/mol. The molecule has 3 heterocycles. The molecule has 40 heavy (non-hydrogen) atoms. The maximum Gasteiger partial charge on any atom is 0.249 e. The molecule has 0 aliphatic carbocycles. The quantitative estimate of drug-likeness (QED) is 0.220. The minimum absolute atomic E-state index is 0.207. The van der Waals surface area contributed by atoms with Crippen LogP contribution in [0.1, 0.15) is 0 Å². The third kappa shape index (κ3) is 2.97. The fourth-order valence-electron chi connectivity index (χ4n) is 6.87. The van der Waals surface area contributed by atoms with E-state index >= 15 is 0 Å². The zero-order chi connectivity index (χ0) is 26.2. The van der Waals surface area contributed by atoms with E-state index in [0.29, 0.717) is 0 Å². The molecule has 1 aromatic heterocycles. The van der Waals surface area contributed by atoms with Gasteiger partial charge in [0.1, 0.15) is 0 Å². The molecule has 186 valence electrons. The van der Waals surface area contributed by atoms with E-state index in [1.807, 2.05) is 11.8 Å². The van der Waals surface area contributed by atoms with E-state index in [-0.39, 0.29) is 6.71 Å². The van der Waals surface area contributed by atoms with Crippen molar-refractivity contribution in [3.8, 4) is 5.69 Å². The summed E-state index contributed by atoms with van der Waals surface area (Å²) in [5.74, 6) is 0. The lowest BCUT2D eigenvalue weighted by molar-refractivity contribution is 1.17. The summed E-state index contributed by atoms with van der Waals surface area (Å²) in [4.78, 5) is 5.12. The van der Waals surface area contributed by atoms with Crippen LogP contribution in [-0.4, -0.2) is 11.3 Å². The van der Waals surface area contributed by atoms with Gasteiger partial charge in [0, 0.05) is 37.6 Å². The molecule has 0 saturated heterocycles. The third-order valence-electron chi connectivity index (χ3n) is 8.43. The Bertz CT molecular complexity index is 2060. The Hall–Kier alpha value is -4.67. The van der Waals surface area contributed by atoms with E-state index in [4.69, 9.17) is 0 Å². The molecule has 0 N–H and O–H groups in total. The lowest BCUT2D eigenvalue weighted by Gasteiger charge is -2.34. The summed E-state index contributed by atoms with van der Waals surface area (Å²) in [6.45, 7) is 0.207. The maximum atomic E-state index is 2.53. The van der Waals surface area contributed by atoms with Gasteiger partial charge in [0.15, 0.2) is 0 Å². The average Bonchev–Trinajstić information content (AvgIpc) is 3.37. The summed E-state index contributed by atoms with van der Waals surface area (Å²) >= 11 is 1.90. The third-order valence-corrected chi connectivity index (χ3v) is 9.60. The smallest absolute Gasteiger partial charge is 0.249 e. The highest BCUT2D eigenvalue weighted by molar-refractivity contribution is 8.00. The fourth-order valence-corrected chi connectivity index (χ4v) is 8.04.